The molecule has 1 nitrogen and oxygen atoms in total. The average Bonchev–Trinajstić information content (AvgIpc) is 3.62. The van der Waals surface area contributed by atoms with E-state index in [1.54, 1.807) is 0 Å². The molecule has 0 atom stereocenters. The van der Waals surface area contributed by atoms with Crippen LogP contribution in [0.4, 0.5) is 17.1 Å². The number of benzene rings is 8. The van der Waals surface area contributed by atoms with Crippen molar-refractivity contribution in [1.29, 1.82) is 0 Å². The molecular weight excluding hydrogens is 603 g/mol. The summed E-state index contributed by atoms with van der Waals surface area (Å²) in [5, 5.41) is 2.67. The van der Waals surface area contributed by atoms with Crippen LogP contribution in [0.2, 0.25) is 0 Å². The third-order valence-electron chi connectivity index (χ3n) is 11.0. The van der Waals surface area contributed by atoms with E-state index in [1.165, 1.54) is 83.2 Å². The van der Waals surface area contributed by atoms with Gasteiger partial charge in [0.25, 0.3) is 0 Å². The Morgan fingerprint density at radius 2 is 0.920 bits per heavy atom. The maximum atomic E-state index is 2.44. The first-order chi connectivity index (χ1) is 24.6. The summed E-state index contributed by atoms with van der Waals surface area (Å²) in [4.78, 5) is 2.44. The van der Waals surface area contributed by atoms with Crippen molar-refractivity contribution in [2.75, 3.05) is 4.90 Å². The first-order valence-corrected chi connectivity index (χ1v) is 17.5. The number of anilines is 3. The molecule has 10 rings (SSSR count). The fourth-order valence-electron chi connectivity index (χ4n) is 8.56. The van der Waals surface area contributed by atoms with Gasteiger partial charge < -0.3 is 4.90 Å². The molecule has 0 bridgehead atoms. The molecule has 2 aliphatic carbocycles. The van der Waals surface area contributed by atoms with Crippen LogP contribution >= 0.6 is 0 Å². The number of hydrogen-bond acceptors (Lipinski definition) is 1. The largest absolute Gasteiger partial charge is 0.310 e. The minimum absolute atomic E-state index is 0.0772. The van der Waals surface area contributed by atoms with Gasteiger partial charge in [-0.1, -0.05) is 153 Å². The van der Waals surface area contributed by atoms with Gasteiger partial charge in [0.2, 0.25) is 0 Å². The predicted molar refractivity (Wildman–Crippen MR) is 211 cm³/mol. The van der Waals surface area contributed by atoms with Crippen LogP contribution in [0.25, 0.3) is 66.4 Å². The van der Waals surface area contributed by atoms with Crippen LogP contribution in [0.3, 0.4) is 0 Å². The predicted octanol–water partition coefficient (Wildman–Crippen LogP) is 13.6. The topological polar surface area (TPSA) is 3.24 Å². The lowest BCUT2D eigenvalue weighted by molar-refractivity contribution is 0.660. The Balaban J connectivity index is 1.10. The van der Waals surface area contributed by atoms with Gasteiger partial charge in [0.15, 0.2) is 0 Å². The van der Waals surface area contributed by atoms with Crippen LogP contribution < -0.4 is 4.90 Å². The molecule has 0 spiro atoms. The van der Waals surface area contributed by atoms with E-state index >= 15 is 0 Å². The van der Waals surface area contributed by atoms with Gasteiger partial charge in [0.05, 0.1) is 5.69 Å². The highest BCUT2D eigenvalue weighted by Gasteiger charge is 2.37. The SMILES string of the molecule is CC1(C)c2ccccc2-c2c(N(c3ccc(-c4ccccc4)cc3)c3ccc(-c4ccc5c(c4)-c4cccc6cccc-5c46)cc3)cccc21. The summed E-state index contributed by atoms with van der Waals surface area (Å²) in [6, 6.07) is 64.8. The first kappa shape index (κ1) is 28.8. The molecule has 0 heterocycles. The van der Waals surface area contributed by atoms with Crippen molar-refractivity contribution < 1.29 is 0 Å². The number of fused-ring (bicyclic) bond motifs is 6. The fourth-order valence-corrected chi connectivity index (χ4v) is 8.56. The van der Waals surface area contributed by atoms with Gasteiger partial charge in [0.1, 0.15) is 0 Å². The summed E-state index contributed by atoms with van der Waals surface area (Å²) in [6.45, 7) is 4.70. The number of hydrogen-bond donors (Lipinski definition) is 0. The Hall–Kier alpha value is -6.18. The zero-order valence-corrected chi connectivity index (χ0v) is 28.2. The van der Waals surface area contributed by atoms with E-state index in [0.29, 0.717) is 0 Å². The third-order valence-corrected chi connectivity index (χ3v) is 11.0. The minimum atomic E-state index is -0.0772. The molecule has 0 fully saturated rings. The highest BCUT2D eigenvalue weighted by atomic mass is 15.1. The van der Waals surface area contributed by atoms with Crippen molar-refractivity contribution in [2.45, 2.75) is 19.3 Å². The third kappa shape index (κ3) is 4.27. The zero-order chi connectivity index (χ0) is 33.4. The first-order valence-electron chi connectivity index (χ1n) is 17.5. The van der Waals surface area contributed by atoms with Crippen LogP contribution in [0, 0.1) is 0 Å². The molecular formula is C49H35N. The van der Waals surface area contributed by atoms with E-state index in [-0.39, 0.29) is 5.41 Å². The molecule has 8 aromatic carbocycles. The van der Waals surface area contributed by atoms with Crippen molar-refractivity contribution in [3.63, 3.8) is 0 Å². The molecule has 0 aliphatic heterocycles. The van der Waals surface area contributed by atoms with Gasteiger partial charge >= 0.3 is 0 Å². The molecule has 8 aromatic rings. The fraction of sp³-hybridized carbons (Fsp3) is 0.0612. The highest BCUT2D eigenvalue weighted by Crippen LogP contribution is 2.54. The van der Waals surface area contributed by atoms with Gasteiger partial charge in [-0.3, -0.25) is 0 Å². The van der Waals surface area contributed by atoms with E-state index < -0.39 is 0 Å². The zero-order valence-electron chi connectivity index (χ0n) is 28.2. The van der Waals surface area contributed by atoms with Crippen molar-refractivity contribution in [3.8, 4) is 55.6 Å². The summed E-state index contributed by atoms with van der Waals surface area (Å²) in [6.07, 6.45) is 0. The second kappa shape index (κ2) is 10.9. The summed E-state index contributed by atoms with van der Waals surface area (Å²) in [5.74, 6) is 0. The highest BCUT2D eigenvalue weighted by molar-refractivity contribution is 6.15. The summed E-state index contributed by atoms with van der Waals surface area (Å²) >= 11 is 0. The Labute approximate surface area is 293 Å². The quantitative estimate of drug-likeness (QED) is 0.181. The van der Waals surface area contributed by atoms with Crippen molar-refractivity contribution >= 4 is 27.8 Å². The number of rotatable bonds is 5. The molecule has 0 N–H and O–H groups in total. The van der Waals surface area contributed by atoms with E-state index in [9.17, 15) is 0 Å². The minimum Gasteiger partial charge on any atom is -0.310 e. The Bertz CT molecular complexity index is 2590. The molecule has 0 amide bonds. The Morgan fingerprint density at radius 3 is 1.64 bits per heavy atom. The Morgan fingerprint density at radius 1 is 0.380 bits per heavy atom. The van der Waals surface area contributed by atoms with Gasteiger partial charge in [-0.2, -0.15) is 0 Å². The molecule has 0 aromatic heterocycles. The van der Waals surface area contributed by atoms with Crippen LogP contribution in [0.5, 0.6) is 0 Å². The summed E-state index contributed by atoms with van der Waals surface area (Å²) < 4.78 is 0. The van der Waals surface area contributed by atoms with Crippen LogP contribution in [-0.2, 0) is 5.41 Å². The molecule has 0 saturated heterocycles. The average molecular weight is 638 g/mol. The second-order valence-corrected chi connectivity index (χ2v) is 14.1. The summed E-state index contributed by atoms with van der Waals surface area (Å²) in [7, 11) is 0. The van der Waals surface area contributed by atoms with Gasteiger partial charge in [-0.15, -0.1) is 0 Å². The van der Waals surface area contributed by atoms with E-state index in [0.717, 1.165) is 11.4 Å². The number of nitrogens with zero attached hydrogens (tertiary/aromatic N) is 1. The van der Waals surface area contributed by atoms with Crippen molar-refractivity contribution in [2.24, 2.45) is 0 Å². The smallest absolute Gasteiger partial charge is 0.0543 e. The second-order valence-electron chi connectivity index (χ2n) is 14.1. The summed E-state index contributed by atoms with van der Waals surface area (Å²) in [5.41, 5.74) is 19.0. The lowest BCUT2D eigenvalue weighted by Crippen LogP contribution is -2.16. The Kier molecular flexibility index (Phi) is 6.29. The normalized spacial score (nSPS) is 13.2. The standard InChI is InChI=1S/C49H35N/c1-49(2)44-18-7-6-15-42(44)48-45(49)19-10-20-46(48)50(37-26-21-33(22-27-37)32-11-4-3-5-12-32)38-28-23-34(24-29-38)36-25-30-39-40-16-8-13-35-14-9-17-41(47(35)40)43(39)31-36/h3-31H,1-2H3. The van der Waals surface area contributed by atoms with Crippen molar-refractivity contribution in [3.05, 3.63) is 187 Å². The van der Waals surface area contributed by atoms with Gasteiger partial charge in [0, 0.05) is 22.4 Å². The maximum Gasteiger partial charge on any atom is 0.0543 e. The van der Waals surface area contributed by atoms with Crippen LogP contribution in [0.15, 0.2) is 176 Å². The monoisotopic (exact) mass is 637 g/mol. The van der Waals surface area contributed by atoms with Crippen LogP contribution in [-0.4, -0.2) is 0 Å². The van der Waals surface area contributed by atoms with Gasteiger partial charge in [-0.05, 0) is 108 Å². The van der Waals surface area contributed by atoms with E-state index in [1.807, 2.05) is 0 Å². The van der Waals surface area contributed by atoms with Crippen LogP contribution in [0.1, 0.15) is 25.0 Å². The molecule has 0 unspecified atom stereocenters. The van der Waals surface area contributed by atoms with Gasteiger partial charge in [-0.25, -0.2) is 0 Å². The molecule has 2 aliphatic rings. The lowest BCUT2D eigenvalue weighted by Gasteiger charge is -2.29. The molecule has 1 heteroatoms. The molecule has 0 saturated carbocycles. The molecule has 0 radical (unpaired) electrons. The van der Waals surface area contributed by atoms with E-state index in [4.69, 9.17) is 0 Å². The van der Waals surface area contributed by atoms with Crippen molar-refractivity contribution in [1.82, 2.24) is 0 Å². The molecule has 50 heavy (non-hydrogen) atoms. The lowest BCUT2D eigenvalue weighted by atomic mass is 9.82. The van der Waals surface area contributed by atoms with E-state index in [2.05, 4.69) is 195 Å². The maximum absolute atomic E-state index is 2.44. The molecule has 236 valence electrons.